The summed E-state index contributed by atoms with van der Waals surface area (Å²) in [5.41, 5.74) is 0.844. The molecule has 3 aromatic rings. The number of hydrogen-bond acceptors (Lipinski definition) is 8. The molecule has 1 amide bonds. The minimum atomic E-state index is -1.37. The Hall–Kier alpha value is -3.24. The standard InChI is InChI=1S/C17H12ClN5O4S/c1-9(24)15(16(25)19-11-4-2-10(18)3-5-11)20-21-17-13-8-12(23(26)27)6-7-14(13)22-28-17/h2-8,15H,1H3,(H,19,25). The van der Waals surface area contributed by atoms with Crippen LogP contribution in [0.5, 0.6) is 0 Å². The van der Waals surface area contributed by atoms with E-state index in [1.807, 2.05) is 0 Å². The van der Waals surface area contributed by atoms with E-state index in [1.165, 1.54) is 25.1 Å². The van der Waals surface area contributed by atoms with Crippen molar-refractivity contribution < 1.29 is 14.5 Å². The number of fused-ring (bicyclic) bond motifs is 1. The number of nitro benzene ring substituents is 1. The van der Waals surface area contributed by atoms with Gasteiger partial charge >= 0.3 is 0 Å². The van der Waals surface area contributed by atoms with E-state index < -0.39 is 22.7 Å². The molecule has 1 unspecified atom stereocenters. The first-order chi connectivity index (χ1) is 13.3. The van der Waals surface area contributed by atoms with Crippen molar-refractivity contribution in [2.45, 2.75) is 13.0 Å². The quantitative estimate of drug-likeness (QED) is 0.272. The average Bonchev–Trinajstić information content (AvgIpc) is 3.06. The second kappa shape index (κ2) is 8.19. The van der Waals surface area contributed by atoms with E-state index in [2.05, 4.69) is 19.9 Å². The van der Waals surface area contributed by atoms with Crippen molar-refractivity contribution in [2.75, 3.05) is 5.32 Å². The van der Waals surface area contributed by atoms with Crippen LogP contribution in [0.25, 0.3) is 10.9 Å². The number of ketones is 1. The lowest BCUT2D eigenvalue weighted by Gasteiger charge is -2.09. The van der Waals surface area contributed by atoms with E-state index >= 15 is 0 Å². The molecule has 9 nitrogen and oxygen atoms in total. The van der Waals surface area contributed by atoms with E-state index in [0.29, 0.717) is 21.6 Å². The van der Waals surface area contributed by atoms with E-state index in [0.717, 1.165) is 11.5 Å². The third kappa shape index (κ3) is 4.35. The molecule has 0 fully saturated rings. The fraction of sp³-hybridized carbons (Fsp3) is 0.118. The van der Waals surface area contributed by atoms with Gasteiger partial charge in [0.2, 0.25) is 6.04 Å². The van der Waals surface area contributed by atoms with Crippen molar-refractivity contribution in [1.82, 2.24) is 4.37 Å². The molecule has 2 aromatic carbocycles. The van der Waals surface area contributed by atoms with Crippen molar-refractivity contribution >= 4 is 62.1 Å². The summed E-state index contributed by atoms with van der Waals surface area (Å²) in [7, 11) is 0. The Morgan fingerprint density at radius 2 is 1.96 bits per heavy atom. The van der Waals surface area contributed by atoms with Crippen LogP contribution < -0.4 is 5.32 Å². The fourth-order valence-electron chi connectivity index (χ4n) is 2.27. The number of non-ortho nitro benzene ring substituents is 1. The Morgan fingerprint density at radius 1 is 1.25 bits per heavy atom. The molecular formula is C17H12ClN5O4S. The zero-order chi connectivity index (χ0) is 20.3. The molecular weight excluding hydrogens is 406 g/mol. The van der Waals surface area contributed by atoms with Gasteiger partial charge in [-0.2, -0.15) is 9.49 Å². The predicted octanol–water partition coefficient (Wildman–Crippen LogP) is 4.54. The molecule has 3 rings (SSSR count). The van der Waals surface area contributed by atoms with E-state index in [4.69, 9.17) is 11.6 Å². The largest absolute Gasteiger partial charge is 0.324 e. The van der Waals surface area contributed by atoms with Crippen molar-refractivity contribution in [1.29, 1.82) is 0 Å². The Kier molecular flexibility index (Phi) is 5.71. The van der Waals surface area contributed by atoms with Gasteiger partial charge in [-0.15, -0.1) is 5.11 Å². The van der Waals surface area contributed by atoms with E-state index in [-0.39, 0.29) is 10.7 Å². The first-order valence-corrected chi connectivity index (χ1v) is 9.02. The maximum atomic E-state index is 12.4. The average molecular weight is 418 g/mol. The lowest BCUT2D eigenvalue weighted by atomic mass is 10.2. The van der Waals surface area contributed by atoms with Gasteiger partial charge in [-0.1, -0.05) is 11.6 Å². The first-order valence-electron chi connectivity index (χ1n) is 7.86. The predicted molar refractivity (Wildman–Crippen MR) is 105 cm³/mol. The topological polar surface area (TPSA) is 127 Å². The van der Waals surface area contributed by atoms with Crippen LogP contribution in [0, 0.1) is 10.1 Å². The summed E-state index contributed by atoms with van der Waals surface area (Å²) in [6, 6.07) is 9.15. The number of nitrogens with zero attached hydrogens (tertiary/aromatic N) is 4. The number of rotatable bonds is 6. The molecule has 0 saturated heterocycles. The van der Waals surface area contributed by atoms with Gasteiger partial charge in [-0.25, -0.2) is 0 Å². The Balaban J connectivity index is 1.85. The third-order valence-corrected chi connectivity index (χ3v) is 4.68. The summed E-state index contributed by atoms with van der Waals surface area (Å²) in [5.74, 6) is -1.16. The number of azo groups is 1. The molecule has 0 radical (unpaired) electrons. The van der Waals surface area contributed by atoms with Gasteiger partial charge in [0.25, 0.3) is 11.6 Å². The van der Waals surface area contributed by atoms with Crippen LogP contribution in [-0.2, 0) is 9.59 Å². The van der Waals surface area contributed by atoms with Crippen molar-refractivity contribution in [3.8, 4) is 0 Å². The summed E-state index contributed by atoms with van der Waals surface area (Å²) in [6.07, 6.45) is 0. The molecule has 0 aliphatic heterocycles. The third-order valence-electron chi connectivity index (χ3n) is 3.66. The van der Waals surface area contributed by atoms with Crippen LogP contribution in [0.4, 0.5) is 16.4 Å². The molecule has 0 aliphatic carbocycles. The SMILES string of the molecule is CC(=O)C(N=Nc1snc2ccc([N+](=O)[O-])cc12)C(=O)Nc1ccc(Cl)cc1. The van der Waals surface area contributed by atoms with Crippen molar-refractivity contribution in [2.24, 2.45) is 10.2 Å². The minimum Gasteiger partial charge on any atom is -0.324 e. The van der Waals surface area contributed by atoms with Gasteiger partial charge in [0, 0.05) is 28.2 Å². The van der Waals surface area contributed by atoms with E-state index in [1.54, 1.807) is 24.3 Å². The fourth-order valence-corrected chi connectivity index (χ4v) is 3.09. The Labute approximate surface area is 167 Å². The number of aromatic nitrogens is 1. The highest BCUT2D eigenvalue weighted by molar-refractivity contribution is 7.11. The highest BCUT2D eigenvalue weighted by Gasteiger charge is 2.23. The number of benzene rings is 2. The molecule has 28 heavy (non-hydrogen) atoms. The highest BCUT2D eigenvalue weighted by atomic mass is 35.5. The second-order valence-corrected chi connectivity index (χ2v) is 6.86. The van der Waals surface area contributed by atoms with Gasteiger partial charge in [-0.05, 0) is 48.8 Å². The number of Topliss-reactive ketones (excluding diaryl/α,β-unsaturated/α-hetero) is 1. The zero-order valence-corrected chi connectivity index (χ0v) is 15.9. The summed E-state index contributed by atoms with van der Waals surface area (Å²) in [6.45, 7) is 1.22. The van der Waals surface area contributed by atoms with Gasteiger partial charge in [0.15, 0.2) is 10.8 Å². The Bertz CT molecular complexity index is 1100. The highest BCUT2D eigenvalue weighted by Crippen LogP contribution is 2.33. The van der Waals surface area contributed by atoms with Gasteiger partial charge in [0.1, 0.15) is 0 Å². The van der Waals surface area contributed by atoms with Crippen LogP contribution in [-0.4, -0.2) is 27.0 Å². The number of nitro groups is 1. The number of carbonyl (C=O) groups is 2. The Morgan fingerprint density at radius 3 is 2.61 bits per heavy atom. The molecule has 142 valence electrons. The van der Waals surface area contributed by atoms with Crippen LogP contribution in [0.1, 0.15) is 6.92 Å². The number of carbonyl (C=O) groups excluding carboxylic acids is 2. The smallest absolute Gasteiger partial charge is 0.270 e. The monoisotopic (exact) mass is 417 g/mol. The van der Waals surface area contributed by atoms with Crippen molar-refractivity contribution in [3.63, 3.8) is 0 Å². The van der Waals surface area contributed by atoms with Crippen LogP contribution in [0.15, 0.2) is 52.7 Å². The maximum Gasteiger partial charge on any atom is 0.270 e. The molecule has 0 aliphatic rings. The van der Waals surface area contributed by atoms with Gasteiger partial charge < -0.3 is 5.32 Å². The summed E-state index contributed by atoms with van der Waals surface area (Å²) in [4.78, 5) is 34.7. The molecule has 0 saturated carbocycles. The number of amides is 1. The molecule has 0 bridgehead atoms. The maximum absolute atomic E-state index is 12.4. The molecule has 0 spiro atoms. The number of halogens is 1. The van der Waals surface area contributed by atoms with E-state index in [9.17, 15) is 19.7 Å². The minimum absolute atomic E-state index is 0.118. The molecule has 11 heteroatoms. The molecule has 1 N–H and O–H groups in total. The number of anilines is 1. The van der Waals surface area contributed by atoms with Crippen LogP contribution >= 0.6 is 23.1 Å². The first kappa shape index (κ1) is 19.5. The summed E-state index contributed by atoms with van der Waals surface area (Å²) >= 11 is 6.76. The molecule has 1 atom stereocenters. The van der Waals surface area contributed by atoms with Crippen molar-refractivity contribution in [3.05, 3.63) is 57.6 Å². The van der Waals surface area contributed by atoms with Crippen LogP contribution in [0.2, 0.25) is 5.02 Å². The van der Waals surface area contributed by atoms with Gasteiger partial charge in [0.05, 0.1) is 10.4 Å². The number of nitrogens with one attached hydrogen (secondary N) is 1. The number of hydrogen-bond donors (Lipinski definition) is 1. The molecule has 1 heterocycles. The zero-order valence-electron chi connectivity index (χ0n) is 14.3. The second-order valence-electron chi connectivity index (χ2n) is 5.67. The van der Waals surface area contributed by atoms with Gasteiger partial charge in [-0.3, -0.25) is 19.7 Å². The lowest BCUT2D eigenvalue weighted by molar-refractivity contribution is -0.384. The molecule has 1 aromatic heterocycles. The normalized spacial score (nSPS) is 12.2. The summed E-state index contributed by atoms with van der Waals surface area (Å²) < 4.78 is 4.13. The lowest BCUT2D eigenvalue weighted by Crippen LogP contribution is -2.31. The summed E-state index contributed by atoms with van der Waals surface area (Å²) in [5, 5.41) is 22.5. The van der Waals surface area contributed by atoms with Crippen LogP contribution in [0.3, 0.4) is 0 Å².